The Kier molecular flexibility index (Phi) is 4.14. The van der Waals surface area contributed by atoms with Gasteiger partial charge in [0.25, 0.3) is 5.91 Å². The van der Waals surface area contributed by atoms with Gasteiger partial charge in [0.1, 0.15) is 11.3 Å². The van der Waals surface area contributed by atoms with Crippen molar-refractivity contribution >= 4 is 34.3 Å². The molecule has 3 aromatic carbocycles. The highest BCUT2D eigenvalue weighted by Gasteiger charge is 2.11. The fourth-order valence-electron chi connectivity index (χ4n) is 2.58. The molecule has 0 aliphatic rings. The van der Waals surface area contributed by atoms with Crippen LogP contribution in [0.1, 0.15) is 10.4 Å². The number of benzene rings is 3. The van der Waals surface area contributed by atoms with E-state index in [0.717, 1.165) is 5.56 Å². The van der Waals surface area contributed by atoms with E-state index in [0.29, 0.717) is 27.7 Å². The molecule has 0 fully saturated rings. The highest BCUT2D eigenvalue weighted by atomic mass is 35.5. The second-order valence-corrected chi connectivity index (χ2v) is 6.11. The standard InChI is InChI=1S/C20H12ClFN2O2/c21-14-5-1-4-13(9-14)20-24-17-8-7-16(11-18(17)26-20)23-19(25)12-3-2-6-15(22)10-12/h1-11H,(H,23,25). The Hall–Kier alpha value is -3.18. The summed E-state index contributed by atoms with van der Waals surface area (Å²) in [5.74, 6) is -0.427. The van der Waals surface area contributed by atoms with Crippen LogP contribution in [-0.2, 0) is 0 Å². The lowest BCUT2D eigenvalue weighted by atomic mass is 10.2. The smallest absolute Gasteiger partial charge is 0.255 e. The average Bonchev–Trinajstić information content (AvgIpc) is 3.05. The Bertz CT molecular complexity index is 1120. The van der Waals surface area contributed by atoms with Gasteiger partial charge in [0.2, 0.25) is 5.89 Å². The summed E-state index contributed by atoms with van der Waals surface area (Å²) < 4.78 is 19.0. The number of anilines is 1. The molecule has 4 nitrogen and oxygen atoms in total. The largest absolute Gasteiger partial charge is 0.436 e. The first-order valence-corrected chi connectivity index (χ1v) is 8.20. The topological polar surface area (TPSA) is 55.1 Å². The van der Waals surface area contributed by atoms with Crippen LogP contribution in [0.3, 0.4) is 0 Å². The molecule has 1 N–H and O–H groups in total. The monoisotopic (exact) mass is 366 g/mol. The van der Waals surface area contributed by atoms with Gasteiger partial charge >= 0.3 is 0 Å². The first-order valence-electron chi connectivity index (χ1n) is 7.82. The van der Waals surface area contributed by atoms with E-state index in [4.69, 9.17) is 16.0 Å². The van der Waals surface area contributed by atoms with Crippen molar-refractivity contribution in [1.82, 2.24) is 4.98 Å². The van der Waals surface area contributed by atoms with Crippen LogP contribution in [0.4, 0.5) is 10.1 Å². The first kappa shape index (κ1) is 16.3. The minimum atomic E-state index is -0.463. The molecule has 0 aliphatic carbocycles. The number of aromatic nitrogens is 1. The van der Waals surface area contributed by atoms with Crippen LogP contribution >= 0.6 is 11.6 Å². The molecule has 1 aromatic heterocycles. The lowest BCUT2D eigenvalue weighted by molar-refractivity contribution is 0.102. The number of amides is 1. The minimum absolute atomic E-state index is 0.238. The summed E-state index contributed by atoms with van der Waals surface area (Å²) in [5.41, 5.74) is 2.71. The summed E-state index contributed by atoms with van der Waals surface area (Å²) in [6, 6.07) is 17.8. The number of carbonyl (C=O) groups is 1. The molecule has 0 radical (unpaired) electrons. The Morgan fingerprint density at radius 3 is 2.69 bits per heavy atom. The normalized spacial score (nSPS) is 10.8. The summed E-state index contributed by atoms with van der Waals surface area (Å²) in [6.07, 6.45) is 0. The quantitative estimate of drug-likeness (QED) is 0.518. The summed E-state index contributed by atoms with van der Waals surface area (Å²) in [6.45, 7) is 0. The van der Waals surface area contributed by atoms with Gasteiger partial charge in [0.15, 0.2) is 5.58 Å². The minimum Gasteiger partial charge on any atom is -0.436 e. The number of oxazole rings is 1. The molecule has 4 rings (SSSR count). The Balaban J connectivity index is 1.62. The molecule has 0 spiro atoms. The maximum Gasteiger partial charge on any atom is 0.255 e. The molecule has 4 aromatic rings. The van der Waals surface area contributed by atoms with Gasteiger partial charge in [-0.25, -0.2) is 9.37 Å². The highest BCUT2D eigenvalue weighted by molar-refractivity contribution is 6.30. The van der Waals surface area contributed by atoms with Crippen molar-refractivity contribution in [3.8, 4) is 11.5 Å². The van der Waals surface area contributed by atoms with Crippen LogP contribution in [0.25, 0.3) is 22.6 Å². The van der Waals surface area contributed by atoms with E-state index in [1.807, 2.05) is 12.1 Å². The fourth-order valence-corrected chi connectivity index (χ4v) is 2.77. The van der Waals surface area contributed by atoms with Crippen LogP contribution in [0.15, 0.2) is 71.1 Å². The summed E-state index contributed by atoms with van der Waals surface area (Å²) in [5, 5.41) is 3.31. The molecule has 26 heavy (non-hydrogen) atoms. The third-order valence-electron chi connectivity index (χ3n) is 3.80. The first-order chi connectivity index (χ1) is 12.6. The number of nitrogens with one attached hydrogen (secondary N) is 1. The second kappa shape index (κ2) is 6.61. The number of rotatable bonds is 3. The lowest BCUT2D eigenvalue weighted by Crippen LogP contribution is -2.11. The average molecular weight is 367 g/mol. The zero-order chi connectivity index (χ0) is 18.1. The van der Waals surface area contributed by atoms with Crippen LogP contribution in [0, 0.1) is 5.82 Å². The maximum absolute atomic E-state index is 13.3. The predicted octanol–water partition coefficient (Wildman–Crippen LogP) is 5.54. The maximum atomic E-state index is 13.3. The van der Waals surface area contributed by atoms with Crippen molar-refractivity contribution in [2.45, 2.75) is 0 Å². The van der Waals surface area contributed by atoms with E-state index < -0.39 is 11.7 Å². The van der Waals surface area contributed by atoms with E-state index >= 15 is 0 Å². The van der Waals surface area contributed by atoms with Gasteiger partial charge < -0.3 is 9.73 Å². The molecule has 1 heterocycles. The highest BCUT2D eigenvalue weighted by Crippen LogP contribution is 2.28. The van der Waals surface area contributed by atoms with Crippen molar-refractivity contribution in [2.75, 3.05) is 5.32 Å². The Morgan fingerprint density at radius 2 is 1.88 bits per heavy atom. The van der Waals surface area contributed by atoms with Gasteiger partial charge in [-0.1, -0.05) is 23.7 Å². The number of fused-ring (bicyclic) bond motifs is 1. The van der Waals surface area contributed by atoms with Crippen molar-refractivity contribution in [2.24, 2.45) is 0 Å². The molecule has 0 saturated heterocycles. The molecular weight excluding hydrogens is 355 g/mol. The SMILES string of the molecule is O=C(Nc1ccc2nc(-c3cccc(Cl)c3)oc2c1)c1cccc(F)c1. The molecular formula is C20H12ClFN2O2. The van der Waals surface area contributed by atoms with E-state index in [1.54, 1.807) is 36.4 Å². The number of nitrogens with zero attached hydrogens (tertiary/aromatic N) is 1. The van der Waals surface area contributed by atoms with Gasteiger partial charge in [-0.15, -0.1) is 0 Å². The van der Waals surface area contributed by atoms with Crippen LogP contribution in [0.2, 0.25) is 5.02 Å². The van der Waals surface area contributed by atoms with E-state index in [9.17, 15) is 9.18 Å². The van der Waals surface area contributed by atoms with E-state index in [-0.39, 0.29) is 5.56 Å². The van der Waals surface area contributed by atoms with Gasteiger partial charge in [-0.3, -0.25) is 4.79 Å². The van der Waals surface area contributed by atoms with Crippen molar-refractivity contribution < 1.29 is 13.6 Å². The molecule has 6 heteroatoms. The number of hydrogen-bond acceptors (Lipinski definition) is 3. The summed E-state index contributed by atoms with van der Waals surface area (Å²) in [4.78, 5) is 16.7. The third kappa shape index (κ3) is 3.30. The number of halogens is 2. The molecule has 0 aliphatic heterocycles. The molecule has 0 bridgehead atoms. The van der Waals surface area contributed by atoms with Crippen LogP contribution < -0.4 is 5.32 Å². The molecule has 0 atom stereocenters. The van der Waals surface area contributed by atoms with Crippen LogP contribution in [-0.4, -0.2) is 10.9 Å². The predicted molar refractivity (Wildman–Crippen MR) is 98.8 cm³/mol. The zero-order valence-corrected chi connectivity index (χ0v) is 14.1. The molecule has 0 saturated carbocycles. The van der Waals surface area contributed by atoms with Gasteiger partial charge in [-0.2, -0.15) is 0 Å². The lowest BCUT2D eigenvalue weighted by Gasteiger charge is -2.04. The third-order valence-corrected chi connectivity index (χ3v) is 4.04. The van der Waals surface area contributed by atoms with Gasteiger partial charge in [-0.05, 0) is 48.5 Å². The summed E-state index contributed by atoms with van der Waals surface area (Å²) in [7, 11) is 0. The number of carbonyl (C=O) groups excluding carboxylic acids is 1. The van der Waals surface area contributed by atoms with Crippen molar-refractivity contribution in [3.63, 3.8) is 0 Å². The van der Waals surface area contributed by atoms with Crippen molar-refractivity contribution in [3.05, 3.63) is 83.1 Å². The second-order valence-electron chi connectivity index (χ2n) is 5.68. The molecule has 0 unspecified atom stereocenters. The Morgan fingerprint density at radius 1 is 1.04 bits per heavy atom. The Labute approximate surface area is 153 Å². The zero-order valence-electron chi connectivity index (χ0n) is 13.4. The van der Waals surface area contributed by atoms with E-state index in [1.165, 1.54) is 18.2 Å². The molecule has 128 valence electrons. The summed E-state index contributed by atoms with van der Waals surface area (Å²) >= 11 is 6.00. The molecule has 1 amide bonds. The van der Waals surface area contributed by atoms with Crippen LogP contribution in [0.5, 0.6) is 0 Å². The van der Waals surface area contributed by atoms with Crippen molar-refractivity contribution in [1.29, 1.82) is 0 Å². The van der Waals surface area contributed by atoms with E-state index in [2.05, 4.69) is 10.3 Å². The van der Waals surface area contributed by atoms with Gasteiger partial charge in [0.05, 0.1) is 0 Å². The fraction of sp³-hybridized carbons (Fsp3) is 0. The number of hydrogen-bond donors (Lipinski definition) is 1. The van der Waals surface area contributed by atoms with Gasteiger partial charge in [0, 0.05) is 27.9 Å².